The quantitative estimate of drug-likeness (QED) is 0.544. The third-order valence-corrected chi connectivity index (χ3v) is 2.84. The van der Waals surface area contributed by atoms with Crippen LogP contribution in [0, 0.1) is 10.1 Å². The van der Waals surface area contributed by atoms with Crippen molar-refractivity contribution in [3.63, 3.8) is 0 Å². The summed E-state index contributed by atoms with van der Waals surface area (Å²) in [4.78, 5) is 17.6. The van der Waals surface area contributed by atoms with Crippen LogP contribution in [0.2, 0.25) is 0 Å². The van der Waals surface area contributed by atoms with Gasteiger partial charge in [-0.15, -0.1) is 0 Å². The molecule has 6 heteroatoms. The Balaban J connectivity index is 2.20. The third kappa shape index (κ3) is 1.89. The lowest BCUT2D eigenvalue weighted by molar-refractivity contribution is -0.384. The molecule has 0 bridgehead atoms. The lowest BCUT2D eigenvalue weighted by Gasteiger charge is -2.00. The van der Waals surface area contributed by atoms with Crippen LogP contribution in [0.5, 0.6) is 5.75 Å². The molecule has 19 heavy (non-hydrogen) atoms. The Hall–Kier alpha value is -2.89. The maximum Gasteiger partial charge on any atom is 0.270 e. The van der Waals surface area contributed by atoms with Crippen LogP contribution in [-0.4, -0.2) is 20.0 Å². The van der Waals surface area contributed by atoms with Gasteiger partial charge in [-0.1, -0.05) is 12.1 Å². The van der Waals surface area contributed by atoms with Crippen molar-refractivity contribution in [2.75, 3.05) is 0 Å². The molecule has 0 aliphatic carbocycles. The van der Waals surface area contributed by atoms with Crippen LogP contribution < -0.4 is 0 Å². The molecule has 0 aliphatic heterocycles. The molecule has 0 spiro atoms. The van der Waals surface area contributed by atoms with Crippen LogP contribution in [0.3, 0.4) is 0 Å². The van der Waals surface area contributed by atoms with E-state index < -0.39 is 4.92 Å². The van der Waals surface area contributed by atoms with Gasteiger partial charge < -0.3 is 10.1 Å². The summed E-state index contributed by atoms with van der Waals surface area (Å²) in [6, 6.07) is 11.2. The van der Waals surface area contributed by atoms with Crippen molar-refractivity contribution in [1.82, 2.24) is 9.97 Å². The van der Waals surface area contributed by atoms with Gasteiger partial charge in [0.15, 0.2) is 0 Å². The Kier molecular flexibility index (Phi) is 2.42. The number of hydrogen-bond donors (Lipinski definition) is 2. The van der Waals surface area contributed by atoms with Gasteiger partial charge in [0.1, 0.15) is 11.6 Å². The molecule has 0 aliphatic rings. The molecular weight excluding hydrogens is 246 g/mol. The van der Waals surface area contributed by atoms with Crippen LogP contribution in [0.4, 0.5) is 5.69 Å². The highest BCUT2D eigenvalue weighted by Crippen LogP contribution is 2.31. The monoisotopic (exact) mass is 255 g/mol. The molecule has 6 nitrogen and oxygen atoms in total. The molecule has 0 saturated heterocycles. The van der Waals surface area contributed by atoms with E-state index in [1.54, 1.807) is 0 Å². The van der Waals surface area contributed by atoms with E-state index in [0.29, 0.717) is 11.4 Å². The van der Waals surface area contributed by atoms with E-state index in [9.17, 15) is 15.2 Å². The molecule has 0 unspecified atom stereocenters. The van der Waals surface area contributed by atoms with Gasteiger partial charge in [0.25, 0.3) is 5.69 Å². The van der Waals surface area contributed by atoms with E-state index in [4.69, 9.17) is 0 Å². The van der Waals surface area contributed by atoms with Gasteiger partial charge in [-0.25, -0.2) is 4.98 Å². The zero-order valence-corrected chi connectivity index (χ0v) is 9.70. The maximum absolute atomic E-state index is 10.8. The molecule has 0 fully saturated rings. The highest BCUT2D eigenvalue weighted by Gasteiger charge is 2.14. The summed E-state index contributed by atoms with van der Waals surface area (Å²) in [5.74, 6) is 0.354. The van der Waals surface area contributed by atoms with Gasteiger partial charge in [0.2, 0.25) is 0 Å². The number of aromatic hydroxyl groups is 1. The highest BCUT2D eigenvalue weighted by atomic mass is 16.6. The Morgan fingerprint density at radius 1 is 1.21 bits per heavy atom. The Morgan fingerprint density at radius 2 is 2.00 bits per heavy atom. The SMILES string of the molecule is O=[N+]([O-])c1ccc(O)c(-c2nc3ccccc3[nH]2)c1. The second-order valence-electron chi connectivity index (χ2n) is 4.06. The molecule has 0 saturated carbocycles. The second-order valence-corrected chi connectivity index (χ2v) is 4.06. The van der Waals surface area contributed by atoms with Gasteiger partial charge >= 0.3 is 0 Å². The number of aromatic nitrogens is 2. The smallest absolute Gasteiger partial charge is 0.270 e. The van der Waals surface area contributed by atoms with Gasteiger partial charge in [-0.3, -0.25) is 10.1 Å². The standard InChI is InChI=1S/C13H9N3O3/c17-12-6-5-8(16(18)19)7-9(12)13-14-10-3-1-2-4-11(10)15-13/h1-7,17H,(H,14,15). The largest absolute Gasteiger partial charge is 0.507 e. The molecule has 0 amide bonds. The first-order chi connectivity index (χ1) is 9.15. The number of fused-ring (bicyclic) bond motifs is 1. The van der Waals surface area contributed by atoms with Crippen LogP contribution in [0.1, 0.15) is 0 Å². The van der Waals surface area contributed by atoms with E-state index in [2.05, 4.69) is 9.97 Å². The minimum Gasteiger partial charge on any atom is -0.507 e. The number of phenols is 1. The molecule has 94 valence electrons. The predicted molar refractivity (Wildman–Crippen MR) is 69.8 cm³/mol. The fourth-order valence-electron chi connectivity index (χ4n) is 1.91. The number of imidazole rings is 1. The number of nitro benzene ring substituents is 1. The Labute approximate surface area is 107 Å². The summed E-state index contributed by atoms with van der Waals surface area (Å²) >= 11 is 0. The summed E-state index contributed by atoms with van der Waals surface area (Å²) in [6.45, 7) is 0. The number of benzene rings is 2. The Morgan fingerprint density at radius 3 is 2.74 bits per heavy atom. The van der Waals surface area contributed by atoms with Crippen LogP contribution >= 0.6 is 0 Å². The van der Waals surface area contributed by atoms with Crippen molar-refractivity contribution >= 4 is 16.7 Å². The average molecular weight is 255 g/mol. The molecule has 1 aromatic heterocycles. The molecule has 3 rings (SSSR count). The molecular formula is C13H9N3O3. The average Bonchev–Trinajstić information content (AvgIpc) is 2.82. The van der Waals surface area contributed by atoms with E-state index in [1.807, 2.05) is 24.3 Å². The number of phenolic OH excluding ortho intramolecular Hbond substituents is 1. The number of nitro groups is 1. The van der Waals surface area contributed by atoms with E-state index in [-0.39, 0.29) is 11.4 Å². The summed E-state index contributed by atoms with van der Waals surface area (Å²) < 4.78 is 0. The third-order valence-electron chi connectivity index (χ3n) is 2.84. The number of aromatic amines is 1. The van der Waals surface area contributed by atoms with Crippen molar-refractivity contribution in [2.45, 2.75) is 0 Å². The molecule has 3 aromatic rings. The molecule has 0 atom stereocenters. The van der Waals surface area contributed by atoms with Gasteiger partial charge in [-0.05, 0) is 18.2 Å². The van der Waals surface area contributed by atoms with Gasteiger partial charge in [0, 0.05) is 12.1 Å². The molecule has 0 radical (unpaired) electrons. The minimum absolute atomic E-state index is 0.0512. The number of nitrogens with one attached hydrogen (secondary N) is 1. The summed E-state index contributed by atoms with van der Waals surface area (Å²) in [7, 11) is 0. The number of para-hydroxylation sites is 2. The summed E-state index contributed by atoms with van der Waals surface area (Å²) in [6.07, 6.45) is 0. The topological polar surface area (TPSA) is 92.1 Å². The number of H-pyrrole nitrogens is 1. The van der Waals surface area contributed by atoms with Crippen LogP contribution in [0.15, 0.2) is 42.5 Å². The van der Waals surface area contributed by atoms with E-state index in [1.165, 1.54) is 18.2 Å². The summed E-state index contributed by atoms with van der Waals surface area (Å²) in [5, 5.41) is 20.6. The first-order valence-electron chi connectivity index (χ1n) is 5.57. The van der Waals surface area contributed by atoms with Gasteiger partial charge in [0.05, 0.1) is 21.5 Å². The van der Waals surface area contributed by atoms with Crippen molar-refractivity contribution < 1.29 is 10.0 Å². The number of nitrogens with zero attached hydrogens (tertiary/aromatic N) is 2. The lowest BCUT2D eigenvalue weighted by atomic mass is 10.1. The van der Waals surface area contributed by atoms with Crippen molar-refractivity contribution in [3.8, 4) is 17.1 Å². The highest BCUT2D eigenvalue weighted by molar-refractivity contribution is 5.81. The molecule has 2 N–H and O–H groups in total. The van der Waals surface area contributed by atoms with Crippen molar-refractivity contribution in [3.05, 3.63) is 52.6 Å². The predicted octanol–water partition coefficient (Wildman–Crippen LogP) is 2.84. The van der Waals surface area contributed by atoms with Crippen molar-refractivity contribution in [1.29, 1.82) is 0 Å². The lowest BCUT2D eigenvalue weighted by Crippen LogP contribution is -1.89. The normalized spacial score (nSPS) is 10.7. The molecule has 1 heterocycles. The summed E-state index contributed by atoms with van der Waals surface area (Å²) in [5.41, 5.74) is 1.77. The van der Waals surface area contributed by atoms with Crippen LogP contribution in [-0.2, 0) is 0 Å². The fourth-order valence-corrected chi connectivity index (χ4v) is 1.91. The van der Waals surface area contributed by atoms with Crippen molar-refractivity contribution in [2.24, 2.45) is 0 Å². The number of hydrogen-bond acceptors (Lipinski definition) is 4. The van der Waals surface area contributed by atoms with Gasteiger partial charge in [-0.2, -0.15) is 0 Å². The zero-order valence-electron chi connectivity index (χ0n) is 9.70. The zero-order chi connectivity index (χ0) is 13.4. The minimum atomic E-state index is -0.508. The number of non-ortho nitro benzene ring substituents is 1. The second kappa shape index (κ2) is 4.09. The maximum atomic E-state index is 10.8. The first kappa shape index (κ1) is 11.2. The molecule has 2 aromatic carbocycles. The van der Waals surface area contributed by atoms with Crippen LogP contribution in [0.25, 0.3) is 22.4 Å². The fraction of sp³-hybridized carbons (Fsp3) is 0. The Bertz CT molecular complexity index is 747. The van der Waals surface area contributed by atoms with E-state index >= 15 is 0 Å². The first-order valence-corrected chi connectivity index (χ1v) is 5.57. The number of rotatable bonds is 2. The van der Waals surface area contributed by atoms with E-state index in [0.717, 1.165) is 11.0 Å².